The van der Waals surface area contributed by atoms with Crippen molar-refractivity contribution in [3.63, 3.8) is 0 Å². The van der Waals surface area contributed by atoms with E-state index in [0.29, 0.717) is 0 Å². The van der Waals surface area contributed by atoms with Crippen LogP contribution in [0.25, 0.3) is 93.5 Å². The fourth-order valence-electron chi connectivity index (χ4n) is 9.95. The first kappa shape index (κ1) is 37.3. The summed E-state index contributed by atoms with van der Waals surface area (Å²) in [5.74, 6) is 0. The molecule has 1 aromatic heterocycles. The van der Waals surface area contributed by atoms with Gasteiger partial charge in [-0.2, -0.15) is 0 Å². The van der Waals surface area contributed by atoms with E-state index in [9.17, 15) is 0 Å². The van der Waals surface area contributed by atoms with Gasteiger partial charge < -0.3 is 9.47 Å². The molecule has 0 atom stereocenters. The molecule has 0 bridgehead atoms. The van der Waals surface area contributed by atoms with Crippen LogP contribution in [0, 0.1) is 0 Å². The normalized spacial score (nSPS) is 11.4. The van der Waals surface area contributed by atoms with Crippen LogP contribution in [0.5, 0.6) is 0 Å². The Morgan fingerprint density at radius 3 is 1.41 bits per heavy atom. The molecule has 12 aromatic rings. The van der Waals surface area contributed by atoms with E-state index in [2.05, 4.69) is 264 Å². The minimum atomic E-state index is 1.08. The van der Waals surface area contributed by atoms with Crippen molar-refractivity contribution in [2.75, 3.05) is 4.90 Å². The van der Waals surface area contributed by atoms with Crippen molar-refractivity contribution in [2.24, 2.45) is 0 Å². The van der Waals surface area contributed by atoms with Gasteiger partial charge in [-0.15, -0.1) is 0 Å². The van der Waals surface area contributed by atoms with E-state index in [1.807, 2.05) is 0 Å². The van der Waals surface area contributed by atoms with Crippen molar-refractivity contribution in [2.45, 2.75) is 0 Å². The lowest BCUT2D eigenvalue weighted by molar-refractivity contribution is 1.18. The van der Waals surface area contributed by atoms with Crippen molar-refractivity contribution in [3.8, 4) is 50.2 Å². The van der Waals surface area contributed by atoms with Crippen LogP contribution in [-0.4, -0.2) is 4.57 Å². The van der Waals surface area contributed by atoms with Crippen molar-refractivity contribution < 1.29 is 0 Å². The molecule has 300 valence electrons. The van der Waals surface area contributed by atoms with Gasteiger partial charge in [0.1, 0.15) is 0 Å². The van der Waals surface area contributed by atoms with E-state index in [-0.39, 0.29) is 0 Å². The Morgan fingerprint density at radius 1 is 0.266 bits per heavy atom. The average molecular weight is 815 g/mol. The van der Waals surface area contributed by atoms with Gasteiger partial charge in [0, 0.05) is 33.0 Å². The quantitative estimate of drug-likeness (QED) is 0.139. The Morgan fingerprint density at radius 2 is 0.719 bits per heavy atom. The second kappa shape index (κ2) is 15.8. The van der Waals surface area contributed by atoms with Crippen molar-refractivity contribution in [3.05, 3.63) is 255 Å². The van der Waals surface area contributed by atoms with Crippen LogP contribution in [0.1, 0.15) is 0 Å². The van der Waals surface area contributed by atoms with Gasteiger partial charge in [0.25, 0.3) is 0 Å². The average Bonchev–Trinajstić information content (AvgIpc) is 3.71. The summed E-state index contributed by atoms with van der Waals surface area (Å²) < 4.78 is 2.42. The summed E-state index contributed by atoms with van der Waals surface area (Å²) in [6.45, 7) is 0. The van der Waals surface area contributed by atoms with Gasteiger partial charge in [0.15, 0.2) is 0 Å². The highest BCUT2D eigenvalue weighted by Crippen LogP contribution is 2.48. The molecule has 2 heteroatoms. The van der Waals surface area contributed by atoms with E-state index < -0.39 is 0 Å². The van der Waals surface area contributed by atoms with Gasteiger partial charge >= 0.3 is 0 Å². The first-order valence-corrected chi connectivity index (χ1v) is 22.0. The predicted molar refractivity (Wildman–Crippen MR) is 272 cm³/mol. The summed E-state index contributed by atoms with van der Waals surface area (Å²) in [4.78, 5) is 2.48. The zero-order valence-electron chi connectivity index (χ0n) is 35.1. The van der Waals surface area contributed by atoms with E-state index in [4.69, 9.17) is 0 Å². The molecule has 11 aromatic carbocycles. The van der Waals surface area contributed by atoms with E-state index in [1.54, 1.807) is 0 Å². The molecule has 1 heterocycles. The van der Waals surface area contributed by atoms with Gasteiger partial charge in [0.05, 0.1) is 28.1 Å². The Balaban J connectivity index is 1.07. The summed E-state index contributed by atoms with van der Waals surface area (Å²) >= 11 is 0. The Kier molecular flexibility index (Phi) is 9.20. The van der Waals surface area contributed by atoms with E-state index >= 15 is 0 Å². The molecule has 0 aliphatic rings. The van der Waals surface area contributed by atoms with E-state index in [1.165, 1.54) is 76.7 Å². The molecule has 64 heavy (non-hydrogen) atoms. The van der Waals surface area contributed by atoms with Gasteiger partial charge in [-0.3, -0.25) is 0 Å². The number of para-hydroxylation sites is 4. The van der Waals surface area contributed by atoms with Crippen molar-refractivity contribution in [1.82, 2.24) is 4.57 Å². The van der Waals surface area contributed by atoms with Crippen LogP contribution in [0.4, 0.5) is 17.1 Å². The third-order valence-electron chi connectivity index (χ3n) is 12.8. The zero-order valence-corrected chi connectivity index (χ0v) is 35.1. The monoisotopic (exact) mass is 814 g/mol. The maximum atomic E-state index is 2.48. The number of rotatable bonds is 8. The second-order valence-corrected chi connectivity index (χ2v) is 16.4. The molecule has 0 aliphatic carbocycles. The highest BCUT2D eigenvalue weighted by atomic mass is 15.1. The van der Waals surface area contributed by atoms with Crippen LogP contribution in [0.3, 0.4) is 0 Å². The number of aromatic nitrogens is 1. The lowest BCUT2D eigenvalue weighted by Gasteiger charge is -2.30. The fraction of sp³-hybridized carbons (Fsp3) is 0. The summed E-state index contributed by atoms with van der Waals surface area (Å²) in [7, 11) is 0. The molecular weight excluding hydrogens is 773 g/mol. The van der Waals surface area contributed by atoms with Crippen LogP contribution < -0.4 is 4.90 Å². The van der Waals surface area contributed by atoms with Crippen LogP contribution in [-0.2, 0) is 0 Å². The molecule has 0 unspecified atom stereocenters. The first-order chi connectivity index (χ1) is 31.8. The highest BCUT2D eigenvalue weighted by molar-refractivity contribution is 6.15. The molecule has 2 nitrogen and oxygen atoms in total. The molecule has 0 aliphatic heterocycles. The van der Waals surface area contributed by atoms with Crippen LogP contribution >= 0.6 is 0 Å². The van der Waals surface area contributed by atoms with Gasteiger partial charge in [-0.1, -0.05) is 212 Å². The predicted octanol–water partition coefficient (Wildman–Crippen LogP) is 17.2. The third kappa shape index (κ3) is 6.27. The molecule has 0 saturated heterocycles. The number of nitrogens with zero attached hydrogens (tertiary/aromatic N) is 2. The molecule has 0 saturated carbocycles. The smallest absolute Gasteiger partial charge is 0.0546 e. The summed E-state index contributed by atoms with van der Waals surface area (Å²) in [6, 6.07) is 92.7. The van der Waals surface area contributed by atoms with Gasteiger partial charge in [0.2, 0.25) is 0 Å². The fourth-order valence-corrected chi connectivity index (χ4v) is 9.95. The van der Waals surface area contributed by atoms with Gasteiger partial charge in [-0.05, 0) is 92.0 Å². The minimum Gasteiger partial charge on any atom is -0.309 e. The number of anilines is 3. The topological polar surface area (TPSA) is 8.17 Å². The summed E-state index contributed by atoms with van der Waals surface area (Å²) in [5.41, 5.74) is 16.3. The maximum Gasteiger partial charge on any atom is 0.0546 e. The Hall–Kier alpha value is -8.46. The Labute approximate surface area is 373 Å². The molecule has 0 amide bonds. The number of fused-ring (bicyclic) bond motifs is 6. The highest BCUT2D eigenvalue weighted by Gasteiger charge is 2.23. The maximum absolute atomic E-state index is 2.48. The Bertz CT molecular complexity index is 3620. The standard InChI is InChI=1S/C62H42N2/c1-2-20-43(21-3-1)47-23-6-7-26-50(47)52-28-8-9-29-53(52)54-30-13-17-35-59(54)63(62-42-45-22-4-5-24-48(45)51-27-10-11-31-55(51)62)46-40-38-44(39-41-46)49-25-12-16-34-58(49)64-60-36-18-14-32-56(60)57-33-15-19-37-61(57)64/h1-42H. The largest absolute Gasteiger partial charge is 0.309 e. The molecule has 12 rings (SSSR count). The SMILES string of the molecule is c1ccc(-c2ccccc2-c2ccccc2-c2ccccc2N(c2ccc(-c3ccccc3-n3c4ccccc4c4ccccc43)cc2)c2cc3ccccc3c3ccccc23)cc1. The number of hydrogen-bond donors (Lipinski definition) is 0. The minimum absolute atomic E-state index is 1.08. The third-order valence-corrected chi connectivity index (χ3v) is 12.8. The summed E-state index contributed by atoms with van der Waals surface area (Å²) in [5, 5.41) is 7.38. The second-order valence-electron chi connectivity index (χ2n) is 16.4. The van der Waals surface area contributed by atoms with Crippen molar-refractivity contribution >= 4 is 60.4 Å². The zero-order chi connectivity index (χ0) is 42.4. The van der Waals surface area contributed by atoms with E-state index in [0.717, 1.165) is 33.9 Å². The molecule has 0 fully saturated rings. The van der Waals surface area contributed by atoms with Gasteiger partial charge in [-0.25, -0.2) is 0 Å². The molecule has 0 spiro atoms. The number of hydrogen-bond acceptors (Lipinski definition) is 1. The molecular formula is C62H42N2. The van der Waals surface area contributed by atoms with Crippen LogP contribution in [0.2, 0.25) is 0 Å². The van der Waals surface area contributed by atoms with Crippen LogP contribution in [0.15, 0.2) is 255 Å². The first-order valence-electron chi connectivity index (χ1n) is 22.0. The van der Waals surface area contributed by atoms with Crippen molar-refractivity contribution in [1.29, 1.82) is 0 Å². The summed E-state index contributed by atoms with van der Waals surface area (Å²) in [6.07, 6.45) is 0. The lowest BCUT2D eigenvalue weighted by atomic mass is 9.88. The molecule has 0 N–H and O–H groups in total. The lowest BCUT2D eigenvalue weighted by Crippen LogP contribution is -2.12. The number of benzene rings is 11. The molecule has 0 radical (unpaired) electrons.